The zero-order chi connectivity index (χ0) is 17.2. The van der Waals surface area contributed by atoms with Gasteiger partial charge in [-0.1, -0.05) is 60.7 Å². The van der Waals surface area contributed by atoms with E-state index in [1.807, 2.05) is 18.2 Å². The van der Waals surface area contributed by atoms with Gasteiger partial charge in [0.1, 0.15) is 0 Å². The lowest BCUT2D eigenvalue weighted by Crippen LogP contribution is -2.44. The fourth-order valence-electron chi connectivity index (χ4n) is 2.43. The lowest BCUT2D eigenvalue weighted by Gasteiger charge is -2.25. The van der Waals surface area contributed by atoms with Gasteiger partial charge in [0.25, 0.3) is 0 Å². The van der Waals surface area contributed by atoms with Crippen molar-refractivity contribution in [3.8, 4) is 0 Å². The molecule has 25 heavy (non-hydrogen) atoms. The summed E-state index contributed by atoms with van der Waals surface area (Å²) in [4.78, 5) is 6.63. The number of likely N-dealkylation sites (N-methyl/N-ethyl adjacent to an activating group) is 1. The molecule has 2 aromatic carbocycles. The van der Waals surface area contributed by atoms with Crippen LogP contribution < -0.4 is 10.6 Å². The minimum Gasteiger partial charge on any atom is -0.355 e. The Kier molecular flexibility index (Phi) is 10.2. The van der Waals surface area contributed by atoms with Crippen LogP contribution in [0.1, 0.15) is 18.1 Å². The van der Waals surface area contributed by atoms with E-state index in [9.17, 15) is 0 Å². The van der Waals surface area contributed by atoms with Crippen LogP contribution in [0.3, 0.4) is 0 Å². The van der Waals surface area contributed by atoms with Gasteiger partial charge in [0.05, 0.1) is 0 Å². The van der Waals surface area contributed by atoms with Crippen molar-refractivity contribution >= 4 is 29.9 Å². The molecule has 0 spiro atoms. The van der Waals surface area contributed by atoms with E-state index >= 15 is 0 Å². The maximum atomic E-state index is 4.29. The van der Waals surface area contributed by atoms with Crippen molar-refractivity contribution in [1.82, 2.24) is 15.5 Å². The summed E-state index contributed by atoms with van der Waals surface area (Å²) in [5.74, 6) is 0.832. The summed E-state index contributed by atoms with van der Waals surface area (Å²) in [6.45, 7) is 4.78. The van der Waals surface area contributed by atoms with Gasteiger partial charge in [-0.05, 0) is 25.1 Å². The maximum Gasteiger partial charge on any atom is 0.191 e. The van der Waals surface area contributed by atoms with Gasteiger partial charge in [0, 0.05) is 32.7 Å². The first-order valence-electron chi connectivity index (χ1n) is 8.41. The lowest BCUT2D eigenvalue weighted by atomic mass is 10.2. The first-order chi connectivity index (χ1) is 11.7. The van der Waals surface area contributed by atoms with Gasteiger partial charge in [-0.15, -0.1) is 24.0 Å². The second kappa shape index (κ2) is 11.9. The molecular weight excluding hydrogens is 423 g/mol. The predicted molar refractivity (Wildman–Crippen MR) is 117 cm³/mol. The molecule has 0 fully saturated rings. The molecule has 0 saturated carbocycles. The van der Waals surface area contributed by atoms with Gasteiger partial charge in [-0.2, -0.15) is 0 Å². The number of benzene rings is 2. The average Bonchev–Trinajstić information content (AvgIpc) is 2.63. The summed E-state index contributed by atoms with van der Waals surface area (Å²) in [6.07, 6.45) is 0. The van der Waals surface area contributed by atoms with E-state index in [0.717, 1.165) is 25.6 Å². The Labute approximate surface area is 168 Å². The van der Waals surface area contributed by atoms with Gasteiger partial charge in [-0.3, -0.25) is 9.89 Å². The molecule has 0 bridgehead atoms. The molecule has 0 aromatic heterocycles. The van der Waals surface area contributed by atoms with Crippen molar-refractivity contribution < 1.29 is 0 Å². The normalized spacial score (nSPS) is 12.4. The van der Waals surface area contributed by atoms with E-state index in [4.69, 9.17) is 0 Å². The molecule has 2 N–H and O–H groups in total. The summed E-state index contributed by atoms with van der Waals surface area (Å²) in [7, 11) is 3.96. The van der Waals surface area contributed by atoms with E-state index in [1.54, 1.807) is 7.05 Å². The Morgan fingerprint density at radius 1 is 0.960 bits per heavy atom. The monoisotopic (exact) mass is 452 g/mol. The molecule has 2 rings (SSSR count). The van der Waals surface area contributed by atoms with Crippen LogP contribution in [0.2, 0.25) is 0 Å². The topological polar surface area (TPSA) is 39.7 Å². The first-order valence-corrected chi connectivity index (χ1v) is 8.41. The van der Waals surface area contributed by atoms with Crippen LogP contribution in [0, 0.1) is 0 Å². The Balaban J connectivity index is 0.00000312. The number of halogens is 1. The van der Waals surface area contributed by atoms with Crippen molar-refractivity contribution in [3.05, 3.63) is 71.8 Å². The Hall–Kier alpha value is -1.60. The summed E-state index contributed by atoms with van der Waals surface area (Å²) in [5.41, 5.74) is 2.58. The van der Waals surface area contributed by atoms with Gasteiger partial charge >= 0.3 is 0 Å². The average molecular weight is 452 g/mol. The zero-order valence-electron chi connectivity index (χ0n) is 15.3. The van der Waals surface area contributed by atoms with Gasteiger partial charge < -0.3 is 10.6 Å². The Bertz CT molecular complexity index is 616. The second-order valence-corrected chi connectivity index (χ2v) is 6.04. The molecule has 1 unspecified atom stereocenters. The smallest absolute Gasteiger partial charge is 0.191 e. The highest BCUT2D eigenvalue weighted by Crippen LogP contribution is 2.05. The lowest BCUT2D eigenvalue weighted by molar-refractivity contribution is 0.249. The number of hydrogen-bond acceptors (Lipinski definition) is 2. The van der Waals surface area contributed by atoms with E-state index in [2.05, 4.69) is 77.0 Å². The summed E-state index contributed by atoms with van der Waals surface area (Å²) in [5, 5.41) is 6.75. The number of rotatable bonds is 7. The number of nitrogens with zero attached hydrogens (tertiary/aromatic N) is 2. The van der Waals surface area contributed by atoms with E-state index in [-0.39, 0.29) is 24.0 Å². The number of nitrogens with one attached hydrogen (secondary N) is 2. The molecule has 4 nitrogen and oxygen atoms in total. The third-order valence-electron chi connectivity index (χ3n) is 4.12. The van der Waals surface area contributed by atoms with Crippen molar-refractivity contribution in [2.24, 2.45) is 4.99 Å². The minimum atomic E-state index is 0. The van der Waals surface area contributed by atoms with Crippen molar-refractivity contribution in [1.29, 1.82) is 0 Å². The third kappa shape index (κ3) is 7.88. The van der Waals surface area contributed by atoms with Crippen molar-refractivity contribution in [2.45, 2.75) is 26.1 Å². The van der Waals surface area contributed by atoms with Gasteiger partial charge in [0.2, 0.25) is 0 Å². The summed E-state index contributed by atoms with van der Waals surface area (Å²) < 4.78 is 0. The minimum absolute atomic E-state index is 0. The maximum absolute atomic E-state index is 4.29. The van der Waals surface area contributed by atoms with Gasteiger partial charge in [0.15, 0.2) is 5.96 Å². The molecule has 0 amide bonds. The van der Waals surface area contributed by atoms with E-state index in [0.29, 0.717) is 6.04 Å². The zero-order valence-corrected chi connectivity index (χ0v) is 17.6. The number of aliphatic imine (C=N–C) groups is 1. The van der Waals surface area contributed by atoms with Crippen LogP contribution in [0.5, 0.6) is 0 Å². The molecule has 0 saturated heterocycles. The van der Waals surface area contributed by atoms with Crippen LogP contribution >= 0.6 is 24.0 Å². The van der Waals surface area contributed by atoms with Crippen molar-refractivity contribution in [2.75, 3.05) is 20.6 Å². The fraction of sp³-hybridized carbons (Fsp3) is 0.350. The van der Waals surface area contributed by atoms with Gasteiger partial charge in [-0.25, -0.2) is 0 Å². The SMILES string of the molecule is CN=C(NCc1ccccc1)NCC(C)N(C)Cc1ccccc1.I. The summed E-state index contributed by atoms with van der Waals surface area (Å²) >= 11 is 0. The van der Waals surface area contributed by atoms with E-state index < -0.39 is 0 Å². The number of hydrogen-bond donors (Lipinski definition) is 2. The highest BCUT2D eigenvalue weighted by Gasteiger charge is 2.10. The van der Waals surface area contributed by atoms with Crippen LogP contribution in [0.4, 0.5) is 0 Å². The predicted octanol–water partition coefficient (Wildman–Crippen LogP) is 3.49. The molecule has 0 radical (unpaired) electrons. The fourth-order valence-corrected chi connectivity index (χ4v) is 2.43. The third-order valence-corrected chi connectivity index (χ3v) is 4.12. The molecular formula is C20H29IN4. The van der Waals surface area contributed by atoms with Crippen LogP contribution in [0.15, 0.2) is 65.7 Å². The Morgan fingerprint density at radius 3 is 2.08 bits per heavy atom. The molecule has 0 heterocycles. The molecule has 5 heteroatoms. The molecule has 2 aromatic rings. The first kappa shape index (κ1) is 21.4. The highest BCUT2D eigenvalue weighted by molar-refractivity contribution is 14.0. The van der Waals surface area contributed by atoms with Crippen LogP contribution in [-0.2, 0) is 13.1 Å². The summed E-state index contributed by atoms with van der Waals surface area (Å²) in [6, 6.07) is 21.3. The second-order valence-electron chi connectivity index (χ2n) is 6.04. The number of guanidine groups is 1. The molecule has 0 aliphatic heterocycles. The molecule has 1 atom stereocenters. The molecule has 136 valence electrons. The quantitative estimate of drug-likeness (QED) is 0.384. The van der Waals surface area contributed by atoms with Crippen molar-refractivity contribution in [3.63, 3.8) is 0 Å². The van der Waals surface area contributed by atoms with Crippen LogP contribution in [0.25, 0.3) is 0 Å². The van der Waals surface area contributed by atoms with E-state index in [1.165, 1.54) is 11.1 Å². The highest BCUT2D eigenvalue weighted by atomic mass is 127. The largest absolute Gasteiger partial charge is 0.355 e. The van der Waals surface area contributed by atoms with Crippen LogP contribution in [-0.4, -0.2) is 37.5 Å². The molecule has 0 aliphatic rings. The Morgan fingerprint density at radius 2 is 1.52 bits per heavy atom. The standard InChI is InChI=1S/C20H28N4.HI/c1-17(24(3)16-19-12-8-5-9-13-19)14-22-20(21-2)23-15-18-10-6-4-7-11-18;/h4-13,17H,14-16H2,1-3H3,(H2,21,22,23);1H. The molecule has 0 aliphatic carbocycles.